The van der Waals surface area contributed by atoms with E-state index in [0.717, 1.165) is 16.2 Å². The van der Waals surface area contributed by atoms with Crippen molar-refractivity contribution < 1.29 is 4.55 Å². The quantitative estimate of drug-likeness (QED) is 0.553. The summed E-state index contributed by atoms with van der Waals surface area (Å²) in [4.78, 5) is 0.871. The molecule has 3 heteroatoms. The Kier molecular flexibility index (Phi) is 3.30. The standard InChI is InChI=1S/C8H10OS2/c1-11(9)8-4-2-7(6-10)3-5-8/h2-5,10H,6H2,1H3. The highest BCUT2D eigenvalue weighted by atomic mass is 32.2. The summed E-state index contributed by atoms with van der Waals surface area (Å²) in [7, 11) is 0. The highest BCUT2D eigenvalue weighted by Gasteiger charge is 2.01. The third-order valence-electron chi connectivity index (χ3n) is 1.44. The van der Waals surface area contributed by atoms with E-state index < -0.39 is 11.2 Å². The van der Waals surface area contributed by atoms with Crippen molar-refractivity contribution in [2.24, 2.45) is 0 Å². The second-order valence-electron chi connectivity index (χ2n) is 2.26. The highest BCUT2D eigenvalue weighted by molar-refractivity contribution is 7.90. The molecule has 0 N–H and O–H groups in total. The molecule has 11 heavy (non-hydrogen) atoms. The predicted octanol–water partition coefficient (Wildman–Crippen LogP) is 1.85. The van der Waals surface area contributed by atoms with Gasteiger partial charge in [0.1, 0.15) is 6.26 Å². The Morgan fingerprint density at radius 2 is 1.91 bits per heavy atom. The lowest BCUT2D eigenvalue weighted by Gasteiger charge is -2.03. The minimum absolute atomic E-state index is 0.733. The first-order chi connectivity index (χ1) is 5.24. The molecule has 0 saturated heterocycles. The molecule has 1 rings (SSSR count). The molecule has 0 bridgehead atoms. The molecular formula is C8H10OS2. The van der Waals surface area contributed by atoms with Gasteiger partial charge in [-0.3, -0.25) is 0 Å². The fraction of sp³-hybridized carbons (Fsp3) is 0.250. The van der Waals surface area contributed by atoms with Crippen LogP contribution < -0.4 is 0 Å². The van der Waals surface area contributed by atoms with Gasteiger partial charge in [0.2, 0.25) is 0 Å². The predicted molar refractivity (Wildman–Crippen MR) is 51.5 cm³/mol. The molecule has 1 unspecified atom stereocenters. The number of rotatable bonds is 2. The SMILES string of the molecule is C[S+]([O-])c1ccc(CS)cc1. The van der Waals surface area contributed by atoms with Gasteiger partial charge in [0.15, 0.2) is 4.90 Å². The molecule has 0 saturated carbocycles. The van der Waals surface area contributed by atoms with E-state index >= 15 is 0 Å². The van der Waals surface area contributed by atoms with Crippen LogP contribution in [0.5, 0.6) is 0 Å². The van der Waals surface area contributed by atoms with Gasteiger partial charge in [-0.15, -0.1) is 0 Å². The summed E-state index contributed by atoms with van der Waals surface area (Å²) in [6, 6.07) is 7.65. The van der Waals surface area contributed by atoms with E-state index in [1.165, 1.54) is 0 Å². The Balaban J connectivity index is 2.83. The smallest absolute Gasteiger partial charge is 0.152 e. The van der Waals surface area contributed by atoms with Crippen LogP contribution in [-0.2, 0) is 16.9 Å². The molecule has 0 aliphatic heterocycles. The second kappa shape index (κ2) is 4.04. The lowest BCUT2D eigenvalue weighted by atomic mass is 10.2. The van der Waals surface area contributed by atoms with Gasteiger partial charge >= 0.3 is 0 Å². The maximum absolute atomic E-state index is 10.9. The minimum atomic E-state index is -0.864. The second-order valence-corrected chi connectivity index (χ2v) is 3.95. The van der Waals surface area contributed by atoms with Gasteiger partial charge in [0.25, 0.3) is 0 Å². The molecule has 0 aliphatic carbocycles. The Hall–Kier alpha value is -0.120. The van der Waals surface area contributed by atoms with Gasteiger partial charge in [0, 0.05) is 5.75 Å². The van der Waals surface area contributed by atoms with Crippen LogP contribution in [-0.4, -0.2) is 10.8 Å². The summed E-state index contributed by atoms with van der Waals surface area (Å²) >= 11 is 3.26. The first-order valence-electron chi connectivity index (χ1n) is 3.27. The molecule has 1 aromatic rings. The molecular weight excluding hydrogens is 176 g/mol. The van der Waals surface area contributed by atoms with Crippen molar-refractivity contribution >= 4 is 23.8 Å². The highest BCUT2D eigenvalue weighted by Crippen LogP contribution is 2.11. The zero-order chi connectivity index (χ0) is 8.27. The lowest BCUT2D eigenvalue weighted by Crippen LogP contribution is -1.96. The van der Waals surface area contributed by atoms with E-state index in [9.17, 15) is 4.55 Å². The number of hydrogen-bond acceptors (Lipinski definition) is 2. The molecule has 0 aromatic heterocycles. The number of benzene rings is 1. The minimum Gasteiger partial charge on any atom is -0.612 e. The Labute approximate surface area is 75.4 Å². The summed E-state index contributed by atoms with van der Waals surface area (Å²) in [5, 5.41) is 0. The van der Waals surface area contributed by atoms with Gasteiger partial charge < -0.3 is 4.55 Å². The molecule has 1 atom stereocenters. The maximum atomic E-state index is 10.9. The summed E-state index contributed by atoms with van der Waals surface area (Å²) < 4.78 is 10.9. The van der Waals surface area contributed by atoms with E-state index in [1.807, 2.05) is 24.3 Å². The average Bonchev–Trinajstić information content (AvgIpc) is 2.05. The van der Waals surface area contributed by atoms with Crippen molar-refractivity contribution in [3.8, 4) is 0 Å². The Morgan fingerprint density at radius 3 is 2.27 bits per heavy atom. The normalized spacial score (nSPS) is 13.0. The van der Waals surface area contributed by atoms with Crippen LogP contribution in [0.1, 0.15) is 5.56 Å². The van der Waals surface area contributed by atoms with Crippen LogP contribution in [0.2, 0.25) is 0 Å². The van der Waals surface area contributed by atoms with Crippen LogP contribution in [0.4, 0.5) is 0 Å². The summed E-state index contributed by atoms with van der Waals surface area (Å²) in [6.45, 7) is 0. The summed E-state index contributed by atoms with van der Waals surface area (Å²) in [5.74, 6) is 0.733. The molecule has 60 valence electrons. The maximum Gasteiger partial charge on any atom is 0.152 e. The Morgan fingerprint density at radius 1 is 1.36 bits per heavy atom. The molecule has 0 fully saturated rings. The number of thiol groups is 1. The first-order valence-corrected chi connectivity index (χ1v) is 5.46. The topological polar surface area (TPSA) is 23.1 Å². The summed E-state index contributed by atoms with van der Waals surface area (Å²) in [5.41, 5.74) is 1.16. The average molecular weight is 186 g/mol. The third kappa shape index (κ3) is 2.43. The van der Waals surface area contributed by atoms with E-state index in [1.54, 1.807) is 6.26 Å². The van der Waals surface area contributed by atoms with E-state index in [-0.39, 0.29) is 0 Å². The zero-order valence-corrected chi connectivity index (χ0v) is 7.99. The molecule has 0 spiro atoms. The zero-order valence-electron chi connectivity index (χ0n) is 6.28. The number of hydrogen-bond donors (Lipinski definition) is 1. The molecule has 0 aliphatic rings. The van der Waals surface area contributed by atoms with Crippen LogP contribution >= 0.6 is 12.6 Å². The van der Waals surface area contributed by atoms with Crippen molar-refractivity contribution in [2.75, 3.05) is 6.26 Å². The van der Waals surface area contributed by atoms with Crippen molar-refractivity contribution in [3.05, 3.63) is 29.8 Å². The van der Waals surface area contributed by atoms with E-state index in [4.69, 9.17) is 0 Å². The lowest BCUT2D eigenvalue weighted by molar-refractivity contribution is 0.601. The fourth-order valence-corrected chi connectivity index (χ4v) is 1.52. The van der Waals surface area contributed by atoms with Crippen molar-refractivity contribution in [3.63, 3.8) is 0 Å². The Bertz CT molecular complexity index is 218. The molecule has 0 amide bonds. The van der Waals surface area contributed by atoms with E-state index in [2.05, 4.69) is 12.6 Å². The van der Waals surface area contributed by atoms with Crippen LogP contribution in [0.3, 0.4) is 0 Å². The largest absolute Gasteiger partial charge is 0.612 e. The summed E-state index contributed by atoms with van der Waals surface area (Å²) in [6.07, 6.45) is 1.68. The van der Waals surface area contributed by atoms with Gasteiger partial charge in [-0.2, -0.15) is 12.6 Å². The first kappa shape index (κ1) is 8.97. The van der Waals surface area contributed by atoms with Gasteiger partial charge in [0.05, 0.1) is 0 Å². The monoisotopic (exact) mass is 186 g/mol. The van der Waals surface area contributed by atoms with Gasteiger partial charge in [-0.1, -0.05) is 12.1 Å². The molecule has 0 radical (unpaired) electrons. The van der Waals surface area contributed by atoms with Crippen LogP contribution in [0, 0.1) is 0 Å². The van der Waals surface area contributed by atoms with Crippen molar-refractivity contribution in [1.29, 1.82) is 0 Å². The van der Waals surface area contributed by atoms with Crippen molar-refractivity contribution in [1.82, 2.24) is 0 Å². The molecule has 1 nitrogen and oxygen atoms in total. The van der Waals surface area contributed by atoms with Crippen molar-refractivity contribution in [2.45, 2.75) is 10.6 Å². The fourth-order valence-electron chi connectivity index (χ4n) is 0.787. The van der Waals surface area contributed by atoms with Crippen LogP contribution in [0.15, 0.2) is 29.2 Å². The molecule has 0 heterocycles. The van der Waals surface area contributed by atoms with Crippen LogP contribution in [0.25, 0.3) is 0 Å². The molecule has 1 aromatic carbocycles. The third-order valence-corrected chi connectivity index (χ3v) is 2.74. The van der Waals surface area contributed by atoms with E-state index in [0.29, 0.717) is 0 Å². The van der Waals surface area contributed by atoms with Gasteiger partial charge in [-0.25, -0.2) is 0 Å². The van der Waals surface area contributed by atoms with Gasteiger partial charge in [-0.05, 0) is 28.9 Å².